The minimum absolute atomic E-state index is 0.257. The van der Waals surface area contributed by atoms with Gasteiger partial charge in [-0.2, -0.15) is 0 Å². The molecule has 0 aliphatic carbocycles. The van der Waals surface area contributed by atoms with Crippen LogP contribution in [0, 0.1) is 12.3 Å². The van der Waals surface area contributed by atoms with Gasteiger partial charge in [0.1, 0.15) is 11.5 Å². The lowest BCUT2D eigenvalue weighted by atomic mass is 10.2. The predicted octanol–water partition coefficient (Wildman–Crippen LogP) is 0.404. The fraction of sp³-hybridized carbons (Fsp3) is 0.625. The molecule has 0 aliphatic rings. The third-order valence-electron chi connectivity index (χ3n) is 1.20. The third-order valence-corrected chi connectivity index (χ3v) is 2.05. The Morgan fingerprint density at radius 2 is 2.08 bits per heavy atom. The first-order chi connectivity index (χ1) is 5.45. The van der Waals surface area contributed by atoms with Crippen molar-refractivity contribution in [1.82, 2.24) is 0 Å². The highest BCUT2D eigenvalue weighted by Gasteiger charge is 2.09. The molecule has 0 amide bonds. The van der Waals surface area contributed by atoms with Gasteiger partial charge in [-0.15, -0.1) is 12.3 Å². The van der Waals surface area contributed by atoms with Crippen LogP contribution in [0.2, 0.25) is 0 Å². The minimum Gasteiger partial charge on any atom is -0.299 e. The maximum atomic E-state index is 10.9. The Labute approximate surface area is 73.1 Å². The van der Waals surface area contributed by atoms with Crippen molar-refractivity contribution in [2.75, 3.05) is 12.0 Å². The molecule has 0 bridgehead atoms. The summed E-state index contributed by atoms with van der Waals surface area (Å²) >= 11 is 0. The standard InChI is InChI=1S/C8H12O3S/c1-3-4-5-6-8(9)7-12(2,10)11/h1H,4-7H2,2H3. The molecule has 0 aliphatic heterocycles. The molecular weight excluding hydrogens is 176 g/mol. The van der Waals surface area contributed by atoms with Crippen molar-refractivity contribution in [2.45, 2.75) is 19.3 Å². The molecule has 0 spiro atoms. The average Bonchev–Trinajstić information content (AvgIpc) is 1.84. The summed E-state index contributed by atoms with van der Waals surface area (Å²) in [6, 6.07) is 0. The molecule has 0 radical (unpaired) electrons. The Morgan fingerprint density at radius 3 is 2.50 bits per heavy atom. The Balaban J connectivity index is 3.71. The molecule has 0 saturated heterocycles. The first-order valence-corrected chi connectivity index (χ1v) is 5.64. The lowest BCUT2D eigenvalue weighted by molar-refractivity contribution is -0.116. The van der Waals surface area contributed by atoms with E-state index in [0.717, 1.165) is 6.26 Å². The van der Waals surface area contributed by atoms with Crippen LogP contribution in [0.4, 0.5) is 0 Å². The van der Waals surface area contributed by atoms with Gasteiger partial charge >= 0.3 is 0 Å². The minimum atomic E-state index is -3.16. The smallest absolute Gasteiger partial charge is 0.154 e. The number of unbranched alkanes of at least 4 members (excludes halogenated alkanes) is 1. The van der Waals surface area contributed by atoms with Gasteiger partial charge in [0.25, 0.3) is 0 Å². The van der Waals surface area contributed by atoms with Crippen molar-refractivity contribution < 1.29 is 13.2 Å². The molecule has 0 saturated carbocycles. The first kappa shape index (κ1) is 11.2. The van der Waals surface area contributed by atoms with E-state index in [-0.39, 0.29) is 18.0 Å². The number of Topliss-reactive ketones (excluding diaryl/α,β-unsaturated/α-hetero) is 1. The van der Waals surface area contributed by atoms with Crippen LogP contribution < -0.4 is 0 Å². The fourth-order valence-corrected chi connectivity index (χ4v) is 1.48. The molecule has 0 heterocycles. The Bertz CT molecular complexity index is 282. The van der Waals surface area contributed by atoms with E-state index in [1.807, 2.05) is 0 Å². The molecule has 0 atom stereocenters. The number of rotatable bonds is 5. The monoisotopic (exact) mass is 188 g/mol. The molecule has 68 valence electrons. The van der Waals surface area contributed by atoms with Crippen molar-refractivity contribution in [3.8, 4) is 12.3 Å². The van der Waals surface area contributed by atoms with Gasteiger partial charge < -0.3 is 0 Å². The number of carbonyl (C=O) groups is 1. The van der Waals surface area contributed by atoms with Gasteiger partial charge in [-0.1, -0.05) is 0 Å². The SMILES string of the molecule is C#CCCCC(=O)CS(C)(=O)=O. The number of carbonyl (C=O) groups excluding carboxylic acids is 1. The normalized spacial score (nSPS) is 10.7. The summed E-state index contributed by atoms with van der Waals surface area (Å²) in [5, 5.41) is 0. The maximum Gasteiger partial charge on any atom is 0.154 e. The summed E-state index contributed by atoms with van der Waals surface area (Å²) in [5.74, 6) is 1.76. The zero-order valence-corrected chi connectivity index (χ0v) is 7.86. The molecular formula is C8H12O3S. The quantitative estimate of drug-likeness (QED) is 0.463. The van der Waals surface area contributed by atoms with Gasteiger partial charge in [-0.05, 0) is 6.42 Å². The molecule has 12 heavy (non-hydrogen) atoms. The van der Waals surface area contributed by atoms with Gasteiger partial charge in [0.15, 0.2) is 9.84 Å². The third kappa shape index (κ3) is 7.29. The molecule has 0 aromatic heterocycles. The lowest BCUT2D eigenvalue weighted by Crippen LogP contribution is -2.13. The Morgan fingerprint density at radius 1 is 1.50 bits per heavy atom. The average molecular weight is 188 g/mol. The highest BCUT2D eigenvalue weighted by molar-refractivity contribution is 7.91. The summed E-state index contributed by atoms with van der Waals surface area (Å²) < 4.78 is 21.2. The van der Waals surface area contributed by atoms with Crippen molar-refractivity contribution in [3.63, 3.8) is 0 Å². The van der Waals surface area contributed by atoms with Crippen LogP contribution in [-0.4, -0.2) is 26.2 Å². The molecule has 0 N–H and O–H groups in total. The number of hydrogen-bond donors (Lipinski definition) is 0. The second-order valence-electron chi connectivity index (χ2n) is 2.67. The number of hydrogen-bond acceptors (Lipinski definition) is 3. The number of terminal acetylenes is 1. The molecule has 0 aromatic rings. The summed E-state index contributed by atoms with van der Waals surface area (Å²) in [5.41, 5.74) is 0. The van der Waals surface area contributed by atoms with Crippen LogP contribution >= 0.6 is 0 Å². The molecule has 0 aromatic carbocycles. The van der Waals surface area contributed by atoms with Crippen molar-refractivity contribution in [2.24, 2.45) is 0 Å². The summed E-state index contributed by atoms with van der Waals surface area (Å²) in [7, 11) is -3.16. The molecule has 0 rings (SSSR count). The topological polar surface area (TPSA) is 51.2 Å². The predicted molar refractivity (Wildman–Crippen MR) is 47.4 cm³/mol. The summed E-state index contributed by atoms with van der Waals surface area (Å²) in [6.07, 6.45) is 7.37. The van der Waals surface area contributed by atoms with Crippen LogP contribution in [-0.2, 0) is 14.6 Å². The van der Waals surface area contributed by atoms with E-state index >= 15 is 0 Å². The van der Waals surface area contributed by atoms with Crippen molar-refractivity contribution in [3.05, 3.63) is 0 Å². The van der Waals surface area contributed by atoms with Crippen molar-refractivity contribution in [1.29, 1.82) is 0 Å². The maximum absolute atomic E-state index is 10.9. The van der Waals surface area contributed by atoms with E-state index in [0.29, 0.717) is 12.8 Å². The van der Waals surface area contributed by atoms with Gasteiger partial charge in [0, 0.05) is 19.1 Å². The van der Waals surface area contributed by atoms with E-state index in [4.69, 9.17) is 6.42 Å². The molecule has 0 unspecified atom stereocenters. The molecule has 3 nitrogen and oxygen atoms in total. The number of ketones is 1. The summed E-state index contributed by atoms with van der Waals surface area (Å²) in [4.78, 5) is 10.9. The van der Waals surface area contributed by atoms with Crippen LogP contribution in [0.3, 0.4) is 0 Å². The zero-order chi connectivity index (χ0) is 9.61. The van der Waals surface area contributed by atoms with Crippen molar-refractivity contribution >= 4 is 15.6 Å². The van der Waals surface area contributed by atoms with Crippen LogP contribution in [0.1, 0.15) is 19.3 Å². The first-order valence-electron chi connectivity index (χ1n) is 3.58. The Hall–Kier alpha value is -0.820. The van der Waals surface area contributed by atoms with Gasteiger partial charge in [-0.25, -0.2) is 8.42 Å². The molecule has 0 fully saturated rings. The highest BCUT2D eigenvalue weighted by atomic mass is 32.2. The lowest BCUT2D eigenvalue weighted by Gasteiger charge is -1.96. The molecule has 4 heteroatoms. The van der Waals surface area contributed by atoms with E-state index in [1.54, 1.807) is 0 Å². The van der Waals surface area contributed by atoms with Gasteiger partial charge in [-0.3, -0.25) is 4.79 Å². The Kier molecular flexibility index (Phi) is 4.60. The largest absolute Gasteiger partial charge is 0.299 e. The highest BCUT2D eigenvalue weighted by Crippen LogP contribution is 1.97. The van der Waals surface area contributed by atoms with Crippen LogP contribution in [0.25, 0.3) is 0 Å². The summed E-state index contributed by atoms with van der Waals surface area (Å²) in [6.45, 7) is 0. The van der Waals surface area contributed by atoms with Gasteiger partial charge in [0.05, 0.1) is 0 Å². The van der Waals surface area contributed by atoms with E-state index < -0.39 is 9.84 Å². The second kappa shape index (κ2) is 4.94. The van der Waals surface area contributed by atoms with Crippen LogP contribution in [0.15, 0.2) is 0 Å². The zero-order valence-electron chi connectivity index (χ0n) is 7.04. The van der Waals surface area contributed by atoms with Crippen LogP contribution in [0.5, 0.6) is 0 Å². The fourth-order valence-electron chi connectivity index (χ4n) is 0.752. The second-order valence-corrected chi connectivity index (χ2v) is 4.81. The number of sulfone groups is 1. The van der Waals surface area contributed by atoms with E-state index in [9.17, 15) is 13.2 Å². The van der Waals surface area contributed by atoms with E-state index in [1.165, 1.54) is 0 Å². The van der Waals surface area contributed by atoms with Gasteiger partial charge in [0.2, 0.25) is 0 Å². The van der Waals surface area contributed by atoms with E-state index in [2.05, 4.69) is 5.92 Å².